The lowest BCUT2D eigenvalue weighted by molar-refractivity contribution is -0.151. The van der Waals surface area contributed by atoms with Gasteiger partial charge in [0, 0.05) is 0 Å². The van der Waals surface area contributed by atoms with Gasteiger partial charge in [0.1, 0.15) is 0 Å². The minimum atomic E-state index is -1.48. The van der Waals surface area contributed by atoms with Crippen molar-refractivity contribution in [2.24, 2.45) is 46.4 Å². The van der Waals surface area contributed by atoms with E-state index in [1.807, 2.05) is 58.0 Å². The van der Waals surface area contributed by atoms with Crippen LogP contribution in [0.4, 0.5) is 0 Å². The Labute approximate surface area is 227 Å². The molecule has 1 rings (SSSR count). The molecule has 2 amide bonds. The van der Waals surface area contributed by atoms with Crippen LogP contribution in [0.2, 0.25) is 0 Å². The van der Waals surface area contributed by atoms with Gasteiger partial charge in [0.05, 0.1) is 23.3 Å². The molecular formula is C27H46ClN5O4. The number of hydrogen-bond donors (Lipinski definition) is 6. The second-order valence-corrected chi connectivity index (χ2v) is 10.3. The maximum Gasteiger partial charge on any atom is 0.248 e. The number of carbonyl (C=O) groups is 3. The average molecular weight is 540 g/mol. The SMILES string of the molecule is CC(C)C[C@@H](C(=O)NN)[C@H](C(=O)NO)C(/C=C/c1ccccc1)(CC(C)C)C(=O)[C@@H](N)CCCCN.Cl. The third-order valence-corrected chi connectivity index (χ3v) is 6.44. The van der Waals surface area contributed by atoms with Crippen molar-refractivity contribution in [3.05, 3.63) is 42.0 Å². The van der Waals surface area contributed by atoms with Gasteiger partial charge < -0.3 is 11.5 Å². The van der Waals surface area contributed by atoms with Crippen molar-refractivity contribution >= 4 is 36.1 Å². The van der Waals surface area contributed by atoms with Gasteiger partial charge >= 0.3 is 0 Å². The van der Waals surface area contributed by atoms with E-state index in [0.29, 0.717) is 25.8 Å². The first-order valence-electron chi connectivity index (χ1n) is 12.7. The summed E-state index contributed by atoms with van der Waals surface area (Å²) in [7, 11) is 0. The number of nitrogens with one attached hydrogen (secondary N) is 2. The number of hydroxylamine groups is 1. The normalized spacial score (nSPS) is 15.5. The zero-order chi connectivity index (χ0) is 27.3. The molecule has 0 spiro atoms. The standard InChI is InChI=1S/C27H45N5O4.ClH/c1-18(2)16-21(25(34)31-30)23(26(35)32-36)27(17-19(3)4,14-13-20-10-6-5-7-11-20)24(33)22(29)12-8-9-15-28;/h5-7,10-11,13-14,18-19,21-23,36H,8-9,12,15-17,28-30H2,1-4H3,(H,31,34)(H,32,35);1H/b14-13+;/t21-,22+,23-,27?;/m1./s1. The van der Waals surface area contributed by atoms with Crippen molar-refractivity contribution in [3.63, 3.8) is 0 Å². The molecule has 9 N–H and O–H groups in total. The van der Waals surface area contributed by atoms with Crippen LogP contribution >= 0.6 is 12.4 Å². The number of benzene rings is 1. The van der Waals surface area contributed by atoms with Crippen LogP contribution in [0.15, 0.2) is 36.4 Å². The first-order valence-corrected chi connectivity index (χ1v) is 12.7. The quantitative estimate of drug-likeness (QED) is 0.0615. The van der Waals surface area contributed by atoms with Crippen LogP contribution in [0.1, 0.15) is 65.4 Å². The molecule has 1 aromatic carbocycles. The second-order valence-electron chi connectivity index (χ2n) is 10.3. The number of hydrazine groups is 1. The number of ketones is 1. The van der Waals surface area contributed by atoms with Gasteiger partial charge in [0.25, 0.3) is 0 Å². The smallest absolute Gasteiger partial charge is 0.248 e. The third-order valence-electron chi connectivity index (χ3n) is 6.44. The van der Waals surface area contributed by atoms with E-state index in [4.69, 9.17) is 17.3 Å². The van der Waals surface area contributed by atoms with E-state index in [1.54, 1.807) is 17.6 Å². The van der Waals surface area contributed by atoms with Crippen LogP contribution < -0.4 is 28.2 Å². The Morgan fingerprint density at radius 3 is 2.14 bits per heavy atom. The molecule has 0 saturated carbocycles. The Kier molecular flexibility index (Phi) is 16.2. The highest BCUT2D eigenvalue weighted by Crippen LogP contribution is 2.45. The monoisotopic (exact) mass is 539 g/mol. The molecule has 0 aliphatic heterocycles. The molecule has 10 heteroatoms. The molecule has 210 valence electrons. The van der Waals surface area contributed by atoms with E-state index in [0.717, 1.165) is 5.56 Å². The summed E-state index contributed by atoms with van der Waals surface area (Å²) in [5, 5.41) is 9.78. The van der Waals surface area contributed by atoms with Crippen LogP contribution in [0.5, 0.6) is 0 Å². The predicted molar refractivity (Wildman–Crippen MR) is 149 cm³/mol. The summed E-state index contributed by atoms with van der Waals surface area (Å²) < 4.78 is 0. The summed E-state index contributed by atoms with van der Waals surface area (Å²) in [5.41, 5.74) is 15.3. The Hall–Kier alpha value is -2.30. The lowest BCUT2D eigenvalue weighted by atomic mass is 9.59. The fourth-order valence-corrected chi connectivity index (χ4v) is 4.96. The summed E-state index contributed by atoms with van der Waals surface area (Å²) >= 11 is 0. The van der Waals surface area contributed by atoms with Crippen LogP contribution in [-0.4, -0.2) is 35.4 Å². The van der Waals surface area contributed by atoms with E-state index < -0.39 is 35.1 Å². The number of nitrogens with two attached hydrogens (primary N) is 3. The minimum Gasteiger partial charge on any atom is -0.330 e. The lowest BCUT2D eigenvalue weighted by Gasteiger charge is -2.42. The predicted octanol–water partition coefficient (Wildman–Crippen LogP) is 2.95. The summed E-state index contributed by atoms with van der Waals surface area (Å²) in [4.78, 5) is 40.6. The van der Waals surface area contributed by atoms with Gasteiger partial charge in [-0.25, -0.2) is 11.3 Å². The largest absolute Gasteiger partial charge is 0.330 e. The summed E-state index contributed by atoms with van der Waals surface area (Å²) in [6.07, 6.45) is 5.74. The number of amides is 2. The van der Waals surface area contributed by atoms with E-state index in [9.17, 15) is 19.6 Å². The summed E-state index contributed by atoms with van der Waals surface area (Å²) in [5.74, 6) is 1.49. The lowest BCUT2D eigenvalue weighted by Crippen LogP contribution is -2.56. The molecule has 0 fully saturated rings. The highest BCUT2D eigenvalue weighted by atomic mass is 35.5. The molecule has 0 aromatic heterocycles. The van der Waals surface area contributed by atoms with E-state index in [2.05, 4.69) is 5.43 Å². The van der Waals surface area contributed by atoms with Gasteiger partial charge in [0.15, 0.2) is 5.78 Å². The Morgan fingerprint density at radius 1 is 1.03 bits per heavy atom. The van der Waals surface area contributed by atoms with E-state index in [1.165, 1.54) is 0 Å². The molecule has 0 aliphatic rings. The summed E-state index contributed by atoms with van der Waals surface area (Å²) in [6.45, 7) is 8.18. The number of unbranched alkanes of at least 4 members (excludes halogenated alkanes) is 1. The van der Waals surface area contributed by atoms with E-state index in [-0.39, 0.29) is 42.9 Å². The van der Waals surface area contributed by atoms with Gasteiger partial charge in [-0.3, -0.25) is 25.0 Å². The Bertz CT molecular complexity index is 866. The van der Waals surface area contributed by atoms with Crippen molar-refractivity contribution < 1.29 is 19.6 Å². The average Bonchev–Trinajstić information content (AvgIpc) is 2.85. The Morgan fingerprint density at radius 2 is 1.65 bits per heavy atom. The number of hydrogen-bond acceptors (Lipinski definition) is 7. The molecule has 37 heavy (non-hydrogen) atoms. The van der Waals surface area contributed by atoms with Gasteiger partial charge in [-0.15, -0.1) is 12.4 Å². The number of carbonyl (C=O) groups excluding carboxylic acids is 3. The molecule has 0 radical (unpaired) electrons. The molecule has 4 atom stereocenters. The van der Waals surface area contributed by atoms with Crippen molar-refractivity contribution in [2.75, 3.05) is 6.54 Å². The van der Waals surface area contributed by atoms with Gasteiger partial charge in [-0.1, -0.05) is 76.6 Å². The number of Topliss-reactive ketones (excluding diaryl/α,β-unsaturated/α-hetero) is 1. The fraction of sp³-hybridized carbons (Fsp3) is 0.593. The first kappa shape index (κ1) is 34.7. The van der Waals surface area contributed by atoms with Crippen LogP contribution in [-0.2, 0) is 14.4 Å². The van der Waals surface area contributed by atoms with Gasteiger partial charge in [-0.2, -0.15) is 0 Å². The Balaban J connectivity index is 0.0000130. The zero-order valence-corrected chi connectivity index (χ0v) is 23.3. The molecule has 0 bridgehead atoms. The van der Waals surface area contributed by atoms with Crippen molar-refractivity contribution in [1.29, 1.82) is 0 Å². The topological polar surface area (TPSA) is 174 Å². The number of halogens is 1. The molecule has 9 nitrogen and oxygen atoms in total. The van der Waals surface area contributed by atoms with Crippen LogP contribution in [0.25, 0.3) is 6.08 Å². The van der Waals surface area contributed by atoms with Crippen molar-refractivity contribution in [2.45, 2.75) is 65.8 Å². The number of rotatable bonds is 16. The molecule has 1 unspecified atom stereocenters. The highest BCUT2D eigenvalue weighted by Gasteiger charge is 2.53. The minimum absolute atomic E-state index is 0. The molecule has 0 aliphatic carbocycles. The van der Waals surface area contributed by atoms with Gasteiger partial charge in [0.2, 0.25) is 11.8 Å². The van der Waals surface area contributed by atoms with Crippen LogP contribution in [0, 0.1) is 29.1 Å². The third kappa shape index (κ3) is 10.2. The van der Waals surface area contributed by atoms with E-state index >= 15 is 0 Å². The highest BCUT2D eigenvalue weighted by molar-refractivity contribution is 5.99. The number of allylic oxidation sites excluding steroid dienone is 1. The fourth-order valence-electron chi connectivity index (χ4n) is 4.96. The maximum atomic E-state index is 14.2. The molecule has 0 saturated heterocycles. The van der Waals surface area contributed by atoms with Crippen molar-refractivity contribution in [3.8, 4) is 0 Å². The second kappa shape index (κ2) is 17.3. The molecule has 0 heterocycles. The molecular weight excluding hydrogens is 494 g/mol. The van der Waals surface area contributed by atoms with Crippen LogP contribution in [0.3, 0.4) is 0 Å². The zero-order valence-electron chi connectivity index (χ0n) is 22.5. The maximum absolute atomic E-state index is 14.2. The molecule has 1 aromatic rings. The summed E-state index contributed by atoms with van der Waals surface area (Å²) in [6, 6.07) is 8.48. The van der Waals surface area contributed by atoms with Crippen molar-refractivity contribution in [1.82, 2.24) is 10.9 Å². The first-order chi connectivity index (χ1) is 17.0. The van der Waals surface area contributed by atoms with Gasteiger partial charge in [-0.05, 0) is 49.6 Å².